The fraction of sp³-hybridized carbons (Fsp3) is 0.951. The zero-order chi connectivity index (χ0) is 74.6. The summed E-state index contributed by atoms with van der Waals surface area (Å²) in [7, 11) is -9.92. The van der Waals surface area contributed by atoms with Gasteiger partial charge in [0.05, 0.1) is 26.4 Å². The molecule has 0 aromatic carbocycles. The van der Waals surface area contributed by atoms with E-state index in [2.05, 4.69) is 55.4 Å². The first kappa shape index (κ1) is 99.1. The lowest BCUT2D eigenvalue weighted by atomic mass is 9.99. The van der Waals surface area contributed by atoms with Crippen molar-refractivity contribution in [2.45, 2.75) is 440 Å². The molecule has 19 heteroatoms. The van der Waals surface area contributed by atoms with Crippen molar-refractivity contribution in [3.8, 4) is 0 Å². The number of carbonyl (C=O) groups excluding carboxylic acids is 4. The number of hydrogen-bond donors (Lipinski definition) is 3. The molecule has 5 unspecified atom stereocenters. The van der Waals surface area contributed by atoms with Crippen molar-refractivity contribution in [2.75, 3.05) is 39.6 Å². The number of carbonyl (C=O) groups is 4. The Morgan fingerprint density at radius 2 is 0.475 bits per heavy atom. The van der Waals surface area contributed by atoms with Crippen molar-refractivity contribution in [2.24, 2.45) is 23.7 Å². The van der Waals surface area contributed by atoms with Gasteiger partial charge in [0, 0.05) is 25.7 Å². The van der Waals surface area contributed by atoms with Crippen LogP contribution in [0.5, 0.6) is 0 Å². The molecule has 0 aromatic rings. The first-order valence-electron chi connectivity index (χ1n) is 42.3. The molecule has 0 bridgehead atoms. The Balaban J connectivity index is 5.21. The highest BCUT2D eigenvalue weighted by Crippen LogP contribution is 2.45. The topological polar surface area (TPSA) is 237 Å². The molecule has 0 fully saturated rings. The van der Waals surface area contributed by atoms with Gasteiger partial charge in [-0.15, -0.1) is 0 Å². The quantitative estimate of drug-likeness (QED) is 0.0222. The lowest BCUT2D eigenvalue weighted by Gasteiger charge is -2.21. The number of phosphoric acid groups is 2. The molecule has 0 aliphatic carbocycles. The minimum atomic E-state index is -4.96. The molecule has 0 saturated heterocycles. The maximum atomic E-state index is 13.1. The summed E-state index contributed by atoms with van der Waals surface area (Å²) in [5.41, 5.74) is 0. The molecule has 17 nitrogen and oxygen atoms in total. The predicted molar refractivity (Wildman–Crippen MR) is 414 cm³/mol. The number of aliphatic hydroxyl groups is 1. The van der Waals surface area contributed by atoms with Crippen LogP contribution in [-0.4, -0.2) is 96.7 Å². The van der Waals surface area contributed by atoms with E-state index < -0.39 is 97.5 Å². The van der Waals surface area contributed by atoms with Crippen LogP contribution in [0.2, 0.25) is 0 Å². The summed E-state index contributed by atoms with van der Waals surface area (Å²) in [6, 6.07) is 0. The zero-order valence-electron chi connectivity index (χ0n) is 66.5. The number of esters is 4. The van der Waals surface area contributed by atoms with Crippen molar-refractivity contribution in [1.29, 1.82) is 0 Å². The molecule has 101 heavy (non-hydrogen) atoms. The van der Waals surface area contributed by atoms with Gasteiger partial charge in [0.1, 0.15) is 19.3 Å². The first-order valence-corrected chi connectivity index (χ1v) is 45.3. The molecule has 3 N–H and O–H groups in total. The zero-order valence-corrected chi connectivity index (χ0v) is 68.3. The van der Waals surface area contributed by atoms with Crippen LogP contribution in [0, 0.1) is 23.7 Å². The average molecular weight is 1480 g/mol. The lowest BCUT2D eigenvalue weighted by Crippen LogP contribution is -2.30. The normalized spacial score (nSPS) is 14.8. The highest BCUT2D eigenvalue weighted by molar-refractivity contribution is 7.47. The summed E-state index contributed by atoms with van der Waals surface area (Å²) in [5, 5.41) is 10.6. The number of aliphatic hydroxyl groups excluding tert-OH is 1. The van der Waals surface area contributed by atoms with Gasteiger partial charge in [0.15, 0.2) is 12.2 Å². The van der Waals surface area contributed by atoms with Gasteiger partial charge >= 0.3 is 39.5 Å². The van der Waals surface area contributed by atoms with Crippen LogP contribution in [0.25, 0.3) is 0 Å². The third kappa shape index (κ3) is 72.1. The van der Waals surface area contributed by atoms with E-state index in [1.807, 2.05) is 0 Å². The monoisotopic (exact) mass is 1480 g/mol. The smallest absolute Gasteiger partial charge is 0.462 e. The Morgan fingerprint density at radius 3 is 0.703 bits per heavy atom. The van der Waals surface area contributed by atoms with Crippen molar-refractivity contribution in [1.82, 2.24) is 0 Å². The average Bonchev–Trinajstić information content (AvgIpc) is 0.995. The molecule has 0 radical (unpaired) electrons. The highest BCUT2D eigenvalue weighted by atomic mass is 31.2. The molecule has 8 atom stereocenters. The van der Waals surface area contributed by atoms with E-state index >= 15 is 0 Å². The minimum Gasteiger partial charge on any atom is -0.462 e. The number of phosphoric ester groups is 2. The predicted octanol–water partition coefficient (Wildman–Crippen LogP) is 24.4. The molecule has 0 amide bonds. The van der Waals surface area contributed by atoms with E-state index in [-0.39, 0.29) is 25.7 Å². The fourth-order valence-corrected chi connectivity index (χ4v) is 14.1. The molecule has 0 saturated carbocycles. The SMILES string of the molecule is CCC(C)CCCCCCCCCCCCCCCCC(=O)O[C@H](COC(=O)CCCCCCCCC(C)CC)COP(=O)(O)OC[C@H](O)COP(=O)(O)OC[C@@H](COC(=O)CCCCCCCCCCC(C)CC)OC(=O)CCCCCCCCCCCCCCCCCCCCC(C)C. The molecule has 0 aromatic heterocycles. The fourth-order valence-electron chi connectivity index (χ4n) is 12.5. The second-order valence-corrected chi connectivity index (χ2v) is 33.6. The summed E-state index contributed by atoms with van der Waals surface area (Å²) >= 11 is 0. The van der Waals surface area contributed by atoms with Crippen LogP contribution in [-0.2, 0) is 65.4 Å². The van der Waals surface area contributed by atoms with E-state index in [4.69, 9.17) is 37.0 Å². The second-order valence-electron chi connectivity index (χ2n) is 30.7. The summed E-state index contributed by atoms with van der Waals surface area (Å²) in [5.74, 6) is 1.06. The number of unbranched alkanes of at least 4 members (excludes halogenated alkanes) is 42. The molecule has 0 aliphatic rings. The van der Waals surface area contributed by atoms with Crippen molar-refractivity contribution in [3.63, 3.8) is 0 Å². The van der Waals surface area contributed by atoms with Gasteiger partial charge in [-0.3, -0.25) is 37.3 Å². The Morgan fingerprint density at radius 1 is 0.277 bits per heavy atom. The van der Waals surface area contributed by atoms with Crippen LogP contribution in [0.1, 0.15) is 421 Å². The standard InChI is InChI=1S/C82H160O17P2/c1-9-73(6)59-51-43-35-29-25-21-18-19-23-27-31-39-49-57-65-82(87)99-78(69-93-80(85)63-55-47-41-40-45-53-61-75(8)11-3)71-97-101(90,91)95-67-76(83)66-94-100(88,89)96-70-77(68-92-79(84)62-54-46-37-33-32-36-44-52-60-74(7)10-2)98-81(86)64-56-48-38-30-26-22-17-15-13-12-14-16-20-24-28-34-42-50-58-72(4)5/h72-78,83H,9-71H2,1-8H3,(H,88,89)(H,90,91)/t73?,74?,75?,76-,77-,78-/m1/s1. The maximum absolute atomic E-state index is 13.1. The molecule has 0 heterocycles. The third-order valence-electron chi connectivity index (χ3n) is 20.2. The Labute approximate surface area is 619 Å². The second kappa shape index (κ2) is 71.0. The van der Waals surface area contributed by atoms with E-state index in [1.165, 1.54) is 218 Å². The third-order valence-corrected chi connectivity index (χ3v) is 22.1. The number of ether oxygens (including phenoxy) is 4. The van der Waals surface area contributed by atoms with Crippen LogP contribution < -0.4 is 0 Å². The highest BCUT2D eigenvalue weighted by Gasteiger charge is 2.30. The van der Waals surface area contributed by atoms with Gasteiger partial charge in [-0.1, -0.05) is 370 Å². The van der Waals surface area contributed by atoms with E-state index in [1.54, 1.807) is 0 Å². The van der Waals surface area contributed by atoms with Crippen molar-refractivity contribution in [3.05, 3.63) is 0 Å². The number of rotatable bonds is 79. The summed E-state index contributed by atoms with van der Waals surface area (Å²) in [4.78, 5) is 73.0. The van der Waals surface area contributed by atoms with Crippen LogP contribution in [0.3, 0.4) is 0 Å². The largest absolute Gasteiger partial charge is 0.472 e. The molecular weight excluding hydrogens is 1320 g/mol. The number of hydrogen-bond acceptors (Lipinski definition) is 15. The van der Waals surface area contributed by atoms with E-state index in [0.29, 0.717) is 25.7 Å². The van der Waals surface area contributed by atoms with Gasteiger partial charge in [0.25, 0.3) is 0 Å². The van der Waals surface area contributed by atoms with Crippen LogP contribution in [0.15, 0.2) is 0 Å². The van der Waals surface area contributed by atoms with E-state index in [0.717, 1.165) is 120 Å². The van der Waals surface area contributed by atoms with Gasteiger partial charge in [-0.25, -0.2) is 9.13 Å². The summed E-state index contributed by atoms with van der Waals surface area (Å²) in [6.45, 7) is 14.3. The minimum absolute atomic E-state index is 0.106. The van der Waals surface area contributed by atoms with Gasteiger partial charge in [-0.05, 0) is 49.4 Å². The first-order chi connectivity index (χ1) is 48.7. The Hall–Kier alpha value is -1.94. The summed E-state index contributed by atoms with van der Waals surface area (Å²) < 4.78 is 68.7. The van der Waals surface area contributed by atoms with E-state index in [9.17, 15) is 43.2 Å². The Bertz CT molecular complexity index is 1980. The molecule has 600 valence electrons. The summed E-state index contributed by atoms with van der Waals surface area (Å²) in [6.07, 6.45) is 58.3. The van der Waals surface area contributed by atoms with Crippen LogP contribution >= 0.6 is 15.6 Å². The Kier molecular flexibility index (Phi) is 69.6. The van der Waals surface area contributed by atoms with Gasteiger partial charge in [-0.2, -0.15) is 0 Å². The van der Waals surface area contributed by atoms with Crippen molar-refractivity contribution >= 4 is 39.5 Å². The molecule has 0 spiro atoms. The van der Waals surface area contributed by atoms with Crippen molar-refractivity contribution < 1.29 is 80.2 Å². The lowest BCUT2D eigenvalue weighted by molar-refractivity contribution is -0.161. The molecular formula is C82H160O17P2. The van der Waals surface area contributed by atoms with Gasteiger partial charge in [0.2, 0.25) is 0 Å². The maximum Gasteiger partial charge on any atom is 0.472 e. The van der Waals surface area contributed by atoms with Crippen LogP contribution in [0.4, 0.5) is 0 Å². The molecule has 0 rings (SSSR count). The van der Waals surface area contributed by atoms with Gasteiger partial charge < -0.3 is 33.8 Å². The molecule has 0 aliphatic heterocycles.